The van der Waals surface area contributed by atoms with E-state index in [2.05, 4.69) is 25.7 Å². The molecular formula is C11H24N2O. The Hall–Kier alpha value is -0.120. The van der Waals surface area contributed by atoms with Crippen LogP contribution in [0.1, 0.15) is 27.2 Å². The summed E-state index contributed by atoms with van der Waals surface area (Å²) in [7, 11) is 0. The summed E-state index contributed by atoms with van der Waals surface area (Å²) in [6.07, 6.45) is 1.44. The van der Waals surface area contributed by atoms with E-state index in [0.29, 0.717) is 5.92 Å². The van der Waals surface area contributed by atoms with E-state index in [-0.39, 0.29) is 12.1 Å². The third-order valence-corrected chi connectivity index (χ3v) is 2.92. The minimum absolute atomic E-state index is 0.176. The third kappa shape index (κ3) is 3.23. The quantitative estimate of drug-likeness (QED) is 0.738. The summed E-state index contributed by atoms with van der Waals surface area (Å²) < 4.78 is 5.71. The Morgan fingerprint density at radius 1 is 1.50 bits per heavy atom. The molecule has 2 unspecified atom stereocenters. The maximum Gasteiger partial charge on any atom is 0.0855 e. The Labute approximate surface area is 87.6 Å². The van der Waals surface area contributed by atoms with Crippen LogP contribution in [-0.4, -0.2) is 43.3 Å². The van der Waals surface area contributed by atoms with Gasteiger partial charge in [0.05, 0.1) is 12.7 Å². The lowest BCUT2D eigenvalue weighted by Gasteiger charge is -2.36. The Kier molecular flexibility index (Phi) is 4.85. The first kappa shape index (κ1) is 12.0. The number of morpholine rings is 1. The highest BCUT2D eigenvalue weighted by molar-refractivity contribution is 4.82. The van der Waals surface area contributed by atoms with Gasteiger partial charge in [0, 0.05) is 19.1 Å². The summed E-state index contributed by atoms with van der Waals surface area (Å²) in [5.74, 6) is 0.501. The Balaban J connectivity index is 2.39. The number of nitrogens with two attached hydrogens (primary N) is 1. The highest BCUT2D eigenvalue weighted by atomic mass is 16.5. The lowest BCUT2D eigenvalue weighted by molar-refractivity contribution is -0.0468. The van der Waals surface area contributed by atoms with Crippen molar-refractivity contribution in [2.45, 2.75) is 39.3 Å². The maximum atomic E-state index is 6.10. The number of hydrogen-bond donors (Lipinski definition) is 1. The zero-order valence-corrected chi connectivity index (χ0v) is 9.70. The van der Waals surface area contributed by atoms with Crippen LogP contribution in [0, 0.1) is 5.92 Å². The molecule has 0 amide bonds. The van der Waals surface area contributed by atoms with Crippen molar-refractivity contribution in [3.63, 3.8) is 0 Å². The molecule has 2 atom stereocenters. The summed E-state index contributed by atoms with van der Waals surface area (Å²) in [4.78, 5) is 2.45. The molecule has 0 aliphatic carbocycles. The summed E-state index contributed by atoms with van der Waals surface area (Å²) in [5.41, 5.74) is 6.10. The van der Waals surface area contributed by atoms with Crippen molar-refractivity contribution in [1.29, 1.82) is 0 Å². The van der Waals surface area contributed by atoms with Gasteiger partial charge in [0.25, 0.3) is 0 Å². The Morgan fingerprint density at radius 2 is 2.21 bits per heavy atom. The van der Waals surface area contributed by atoms with Gasteiger partial charge in [-0.25, -0.2) is 0 Å². The second-order valence-corrected chi connectivity index (χ2v) is 4.53. The molecule has 0 aromatic heterocycles. The second-order valence-electron chi connectivity index (χ2n) is 4.53. The van der Waals surface area contributed by atoms with Crippen LogP contribution in [0.4, 0.5) is 0 Å². The molecule has 0 saturated carbocycles. The van der Waals surface area contributed by atoms with Crippen molar-refractivity contribution in [3.05, 3.63) is 0 Å². The van der Waals surface area contributed by atoms with Crippen LogP contribution in [0.2, 0.25) is 0 Å². The Bertz CT molecular complexity index is 159. The van der Waals surface area contributed by atoms with E-state index < -0.39 is 0 Å². The first-order chi connectivity index (χ1) is 6.65. The molecule has 0 aromatic carbocycles. The van der Waals surface area contributed by atoms with Gasteiger partial charge < -0.3 is 10.5 Å². The molecule has 1 heterocycles. The first-order valence-corrected chi connectivity index (χ1v) is 5.74. The third-order valence-electron chi connectivity index (χ3n) is 2.92. The minimum Gasteiger partial charge on any atom is -0.374 e. The zero-order valence-electron chi connectivity index (χ0n) is 9.70. The topological polar surface area (TPSA) is 38.5 Å². The van der Waals surface area contributed by atoms with E-state index in [4.69, 9.17) is 10.5 Å². The monoisotopic (exact) mass is 200 g/mol. The van der Waals surface area contributed by atoms with Crippen LogP contribution >= 0.6 is 0 Å². The van der Waals surface area contributed by atoms with Crippen molar-refractivity contribution in [2.24, 2.45) is 11.7 Å². The molecule has 0 aromatic rings. The molecule has 0 bridgehead atoms. The van der Waals surface area contributed by atoms with Crippen LogP contribution in [0.3, 0.4) is 0 Å². The summed E-state index contributed by atoms with van der Waals surface area (Å²) in [6, 6.07) is 0.176. The average molecular weight is 200 g/mol. The van der Waals surface area contributed by atoms with Gasteiger partial charge in [0.2, 0.25) is 0 Å². The predicted molar refractivity (Wildman–Crippen MR) is 59.3 cm³/mol. The molecule has 1 saturated heterocycles. The molecule has 2 N–H and O–H groups in total. The first-order valence-electron chi connectivity index (χ1n) is 5.74. The fourth-order valence-electron chi connectivity index (χ4n) is 1.91. The zero-order chi connectivity index (χ0) is 10.6. The van der Waals surface area contributed by atoms with Gasteiger partial charge >= 0.3 is 0 Å². The van der Waals surface area contributed by atoms with Crippen molar-refractivity contribution in [2.75, 3.05) is 26.2 Å². The molecule has 3 nitrogen and oxygen atoms in total. The maximum absolute atomic E-state index is 6.10. The number of hydrogen-bond acceptors (Lipinski definition) is 3. The van der Waals surface area contributed by atoms with Crippen molar-refractivity contribution < 1.29 is 4.74 Å². The van der Waals surface area contributed by atoms with Crippen LogP contribution in [0.25, 0.3) is 0 Å². The fraction of sp³-hybridized carbons (Fsp3) is 1.00. The molecule has 3 heteroatoms. The molecule has 1 rings (SSSR count). The van der Waals surface area contributed by atoms with Gasteiger partial charge in [0.1, 0.15) is 0 Å². The van der Waals surface area contributed by atoms with Crippen molar-refractivity contribution in [1.82, 2.24) is 4.90 Å². The van der Waals surface area contributed by atoms with Gasteiger partial charge in [0.15, 0.2) is 0 Å². The van der Waals surface area contributed by atoms with Gasteiger partial charge in [-0.15, -0.1) is 0 Å². The van der Waals surface area contributed by atoms with Crippen LogP contribution < -0.4 is 5.73 Å². The highest BCUT2D eigenvalue weighted by Gasteiger charge is 2.26. The van der Waals surface area contributed by atoms with Crippen LogP contribution in [-0.2, 0) is 4.74 Å². The van der Waals surface area contributed by atoms with E-state index in [1.807, 2.05) is 0 Å². The van der Waals surface area contributed by atoms with E-state index in [9.17, 15) is 0 Å². The Morgan fingerprint density at radius 3 is 2.79 bits per heavy atom. The summed E-state index contributed by atoms with van der Waals surface area (Å²) >= 11 is 0. The van der Waals surface area contributed by atoms with Crippen LogP contribution in [0.15, 0.2) is 0 Å². The number of nitrogens with zero attached hydrogens (tertiary/aromatic N) is 1. The fourth-order valence-corrected chi connectivity index (χ4v) is 1.91. The molecule has 0 radical (unpaired) electrons. The van der Waals surface area contributed by atoms with Gasteiger partial charge in [-0.2, -0.15) is 0 Å². The molecule has 1 aliphatic heterocycles. The molecule has 1 fully saturated rings. The van der Waals surface area contributed by atoms with Gasteiger partial charge in [-0.3, -0.25) is 4.90 Å². The highest BCUT2D eigenvalue weighted by Crippen LogP contribution is 2.13. The normalized spacial score (nSPS) is 26.8. The number of ether oxygens (including phenoxy) is 1. The number of rotatable bonds is 4. The molecule has 84 valence electrons. The lowest BCUT2D eigenvalue weighted by atomic mass is 9.98. The van der Waals surface area contributed by atoms with Gasteiger partial charge in [-0.05, 0) is 18.9 Å². The largest absolute Gasteiger partial charge is 0.374 e. The predicted octanol–water partition coefficient (Wildman–Crippen LogP) is 1.08. The minimum atomic E-state index is 0.176. The van der Waals surface area contributed by atoms with E-state index in [0.717, 1.165) is 19.7 Å². The average Bonchev–Trinajstić information content (AvgIpc) is 2.17. The molecule has 14 heavy (non-hydrogen) atoms. The lowest BCUT2D eigenvalue weighted by Crippen LogP contribution is -2.52. The smallest absolute Gasteiger partial charge is 0.0855 e. The van der Waals surface area contributed by atoms with E-state index in [1.165, 1.54) is 13.0 Å². The summed E-state index contributed by atoms with van der Waals surface area (Å²) in [5, 5.41) is 0. The molecule has 1 aliphatic rings. The molecular weight excluding hydrogens is 176 g/mol. The SMILES string of the molecule is CCCN1CCOC(C(N)C(C)C)C1. The summed E-state index contributed by atoms with van der Waals surface area (Å²) in [6.45, 7) is 10.6. The van der Waals surface area contributed by atoms with Gasteiger partial charge in [-0.1, -0.05) is 20.8 Å². The second kappa shape index (κ2) is 5.69. The van der Waals surface area contributed by atoms with Crippen molar-refractivity contribution in [3.8, 4) is 0 Å². The van der Waals surface area contributed by atoms with Crippen molar-refractivity contribution >= 4 is 0 Å². The van der Waals surface area contributed by atoms with Crippen LogP contribution in [0.5, 0.6) is 0 Å². The standard InChI is InChI=1S/C11H24N2O/c1-4-5-13-6-7-14-10(8-13)11(12)9(2)3/h9-11H,4-8,12H2,1-3H3. The molecule has 0 spiro atoms. The van der Waals surface area contributed by atoms with E-state index in [1.54, 1.807) is 0 Å². The van der Waals surface area contributed by atoms with E-state index >= 15 is 0 Å².